The molecular weight excluding hydrogens is 364 g/mol. The molecule has 0 aromatic heterocycles. The number of benzene rings is 2. The monoisotopic (exact) mass is 386 g/mol. The van der Waals surface area contributed by atoms with Crippen molar-refractivity contribution in [2.24, 2.45) is 0 Å². The van der Waals surface area contributed by atoms with Crippen molar-refractivity contribution in [2.45, 2.75) is 26.7 Å². The van der Waals surface area contributed by atoms with Crippen LogP contribution in [0.25, 0.3) is 0 Å². The lowest BCUT2D eigenvalue weighted by molar-refractivity contribution is -0.384. The lowest BCUT2D eigenvalue weighted by Gasteiger charge is -2.12. The maximum Gasteiger partial charge on any atom is 0.344 e. The Kier molecular flexibility index (Phi) is 7.08. The predicted molar refractivity (Wildman–Crippen MR) is 103 cm³/mol. The van der Waals surface area contributed by atoms with Crippen LogP contribution in [0.2, 0.25) is 0 Å². The Hall–Kier alpha value is -3.42. The Balaban J connectivity index is 1.79. The van der Waals surface area contributed by atoms with Crippen LogP contribution in [0.15, 0.2) is 42.5 Å². The molecule has 0 aliphatic heterocycles. The third-order valence-corrected chi connectivity index (χ3v) is 3.92. The van der Waals surface area contributed by atoms with Crippen LogP contribution in [0.4, 0.5) is 11.4 Å². The zero-order valence-electron chi connectivity index (χ0n) is 15.9. The van der Waals surface area contributed by atoms with Crippen LogP contribution in [0.3, 0.4) is 0 Å². The molecule has 0 saturated heterocycles. The number of rotatable bonds is 8. The number of esters is 1. The molecular formula is C20H22N2O6. The molecule has 2 rings (SSSR count). The summed E-state index contributed by atoms with van der Waals surface area (Å²) in [5.41, 5.74) is 2.36. The first-order chi connectivity index (χ1) is 13.3. The summed E-state index contributed by atoms with van der Waals surface area (Å²) >= 11 is 0. The highest BCUT2D eigenvalue weighted by atomic mass is 16.6. The van der Waals surface area contributed by atoms with E-state index < -0.39 is 23.4 Å². The second kappa shape index (κ2) is 9.50. The van der Waals surface area contributed by atoms with Crippen molar-refractivity contribution in [3.8, 4) is 5.75 Å². The molecule has 0 fully saturated rings. The molecule has 8 heteroatoms. The number of non-ortho nitro benzene ring substituents is 1. The van der Waals surface area contributed by atoms with Gasteiger partial charge in [0.05, 0.1) is 4.92 Å². The summed E-state index contributed by atoms with van der Waals surface area (Å²) < 4.78 is 10.3. The Bertz CT molecular complexity index is 879. The van der Waals surface area contributed by atoms with E-state index in [0.29, 0.717) is 11.7 Å². The highest BCUT2D eigenvalue weighted by molar-refractivity contribution is 5.93. The van der Waals surface area contributed by atoms with Gasteiger partial charge < -0.3 is 14.8 Å². The third-order valence-electron chi connectivity index (χ3n) is 3.92. The first kappa shape index (κ1) is 20.9. The summed E-state index contributed by atoms with van der Waals surface area (Å²) in [5, 5.41) is 13.2. The van der Waals surface area contributed by atoms with E-state index in [4.69, 9.17) is 9.47 Å². The Labute approximate surface area is 162 Å². The molecule has 2 aromatic carbocycles. The van der Waals surface area contributed by atoms with Crippen molar-refractivity contribution in [2.75, 3.05) is 18.5 Å². The smallest absolute Gasteiger partial charge is 0.344 e. The first-order valence-electron chi connectivity index (χ1n) is 8.69. The van der Waals surface area contributed by atoms with E-state index in [2.05, 4.69) is 19.2 Å². The maximum atomic E-state index is 11.8. The van der Waals surface area contributed by atoms with Crippen LogP contribution in [0.1, 0.15) is 30.9 Å². The van der Waals surface area contributed by atoms with Crippen LogP contribution in [0, 0.1) is 17.0 Å². The average molecular weight is 386 g/mol. The number of carbonyl (C=O) groups is 2. The standard InChI is InChI=1S/C20H22N2O6/c1-13(2)18-8-7-17(9-14(18)3)27-12-20(24)28-11-19(23)21-15-5-4-6-16(10-15)22(25)26/h4-10,13H,11-12H2,1-3H3,(H,21,23). The van der Waals surface area contributed by atoms with Crippen molar-refractivity contribution in [3.05, 3.63) is 63.7 Å². The van der Waals surface area contributed by atoms with E-state index in [1.54, 1.807) is 6.07 Å². The largest absolute Gasteiger partial charge is 0.482 e. The predicted octanol–water partition coefficient (Wildman–Crippen LogP) is 3.59. The van der Waals surface area contributed by atoms with Gasteiger partial charge in [-0.3, -0.25) is 14.9 Å². The minimum Gasteiger partial charge on any atom is -0.482 e. The molecule has 0 bridgehead atoms. The highest BCUT2D eigenvalue weighted by Gasteiger charge is 2.12. The summed E-state index contributed by atoms with van der Waals surface area (Å²) in [6.07, 6.45) is 0. The summed E-state index contributed by atoms with van der Waals surface area (Å²) in [6.45, 7) is 5.32. The van der Waals surface area contributed by atoms with Crippen LogP contribution in [0.5, 0.6) is 5.75 Å². The second-order valence-electron chi connectivity index (χ2n) is 6.48. The fraction of sp³-hybridized carbons (Fsp3) is 0.300. The number of hydrogen-bond acceptors (Lipinski definition) is 6. The van der Waals surface area contributed by atoms with Crippen molar-refractivity contribution in [1.29, 1.82) is 0 Å². The number of anilines is 1. The van der Waals surface area contributed by atoms with Gasteiger partial charge in [-0.2, -0.15) is 0 Å². The normalized spacial score (nSPS) is 10.4. The van der Waals surface area contributed by atoms with Gasteiger partial charge in [0.2, 0.25) is 0 Å². The Morgan fingerprint density at radius 3 is 2.54 bits per heavy atom. The average Bonchev–Trinajstić information content (AvgIpc) is 2.64. The van der Waals surface area contributed by atoms with E-state index in [-0.39, 0.29) is 18.0 Å². The fourth-order valence-corrected chi connectivity index (χ4v) is 2.61. The minimum atomic E-state index is -0.695. The summed E-state index contributed by atoms with van der Waals surface area (Å²) in [5.74, 6) is -0.366. The number of hydrogen-bond donors (Lipinski definition) is 1. The number of nitrogens with one attached hydrogen (secondary N) is 1. The molecule has 2 aromatic rings. The number of nitrogens with zero attached hydrogens (tertiary/aromatic N) is 1. The molecule has 1 N–H and O–H groups in total. The molecule has 8 nitrogen and oxygen atoms in total. The van der Waals surface area contributed by atoms with Gasteiger partial charge >= 0.3 is 5.97 Å². The van der Waals surface area contributed by atoms with Gasteiger partial charge in [-0.1, -0.05) is 26.0 Å². The van der Waals surface area contributed by atoms with E-state index >= 15 is 0 Å². The van der Waals surface area contributed by atoms with E-state index in [1.807, 2.05) is 19.1 Å². The van der Waals surface area contributed by atoms with Crippen molar-refractivity contribution >= 4 is 23.3 Å². The van der Waals surface area contributed by atoms with E-state index in [1.165, 1.54) is 29.8 Å². The summed E-state index contributed by atoms with van der Waals surface area (Å²) in [4.78, 5) is 33.7. The number of nitro benzene ring substituents is 1. The van der Waals surface area contributed by atoms with Gasteiger partial charge in [0.15, 0.2) is 13.2 Å². The minimum absolute atomic E-state index is 0.151. The molecule has 1 amide bonds. The molecule has 0 aliphatic rings. The number of nitro groups is 1. The topological polar surface area (TPSA) is 108 Å². The second-order valence-corrected chi connectivity index (χ2v) is 6.48. The SMILES string of the molecule is Cc1cc(OCC(=O)OCC(=O)Nc2cccc([N+](=O)[O-])c2)ccc1C(C)C. The van der Waals surface area contributed by atoms with Crippen LogP contribution >= 0.6 is 0 Å². The van der Waals surface area contributed by atoms with Crippen LogP contribution < -0.4 is 10.1 Å². The van der Waals surface area contributed by atoms with Crippen molar-refractivity contribution in [1.82, 2.24) is 0 Å². The molecule has 0 heterocycles. The van der Waals surface area contributed by atoms with E-state index in [0.717, 1.165) is 5.56 Å². The van der Waals surface area contributed by atoms with Gasteiger partial charge in [0.1, 0.15) is 5.75 Å². The molecule has 0 radical (unpaired) electrons. The molecule has 0 atom stereocenters. The Morgan fingerprint density at radius 1 is 1.14 bits per heavy atom. The first-order valence-corrected chi connectivity index (χ1v) is 8.69. The van der Waals surface area contributed by atoms with Gasteiger partial charge in [0, 0.05) is 17.8 Å². The quantitative estimate of drug-likeness (QED) is 0.422. The lowest BCUT2D eigenvalue weighted by Crippen LogP contribution is -2.23. The van der Waals surface area contributed by atoms with Crippen LogP contribution in [-0.2, 0) is 14.3 Å². The third kappa shape index (κ3) is 6.08. The van der Waals surface area contributed by atoms with Crippen LogP contribution in [-0.4, -0.2) is 30.0 Å². The van der Waals surface area contributed by atoms with Gasteiger partial charge in [-0.05, 0) is 42.2 Å². The molecule has 148 valence electrons. The lowest BCUT2D eigenvalue weighted by atomic mass is 9.98. The molecule has 0 spiro atoms. The molecule has 0 saturated carbocycles. The summed E-state index contributed by atoms with van der Waals surface area (Å²) in [6, 6.07) is 11.0. The molecule has 28 heavy (non-hydrogen) atoms. The number of amides is 1. The zero-order chi connectivity index (χ0) is 20.7. The van der Waals surface area contributed by atoms with Gasteiger partial charge in [0.25, 0.3) is 11.6 Å². The fourth-order valence-electron chi connectivity index (χ4n) is 2.61. The zero-order valence-corrected chi connectivity index (χ0v) is 15.9. The van der Waals surface area contributed by atoms with Gasteiger partial charge in [-0.15, -0.1) is 0 Å². The Morgan fingerprint density at radius 2 is 1.89 bits per heavy atom. The van der Waals surface area contributed by atoms with Crippen molar-refractivity contribution in [3.63, 3.8) is 0 Å². The maximum absolute atomic E-state index is 11.8. The highest BCUT2D eigenvalue weighted by Crippen LogP contribution is 2.23. The number of ether oxygens (including phenoxy) is 2. The summed E-state index contributed by atoms with van der Waals surface area (Å²) in [7, 11) is 0. The van der Waals surface area contributed by atoms with E-state index in [9.17, 15) is 19.7 Å². The van der Waals surface area contributed by atoms with Gasteiger partial charge in [-0.25, -0.2) is 4.79 Å². The number of carbonyl (C=O) groups excluding carboxylic acids is 2. The number of aryl methyl sites for hydroxylation is 1. The molecule has 0 aliphatic carbocycles. The molecule has 0 unspecified atom stereocenters. The van der Waals surface area contributed by atoms with Crippen molar-refractivity contribution < 1.29 is 24.0 Å².